The van der Waals surface area contributed by atoms with E-state index in [1.165, 1.54) is 4.90 Å². The average molecular weight is 436 g/mol. The van der Waals surface area contributed by atoms with Crippen molar-refractivity contribution < 1.29 is 9.18 Å². The molecule has 1 aromatic heterocycles. The van der Waals surface area contributed by atoms with Crippen LogP contribution in [-0.2, 0) is 4.79 Å². The maximum atomic E-state index is 13.7. The number of carbonyl (C=O) groups is 1. The van der Waals surface area contributed by atoms with Crippen molar-refractivity contribution in [2.75, 3.05) is 4.90 Å². The van der Waals surface area contributed by atoms with Gasteiger partial charge >= 0.3 is 0 Å². The monoisotopic (exact) mass is 436 g/mol. The molecule has 0 saturated heterocycles. The van der Waals surface area contributed by atoms with Crippen molar-refractivity contribution in [2.45, 2.75) is 32.6 Å². The summed E-state index contributed by atoms with van der Waals surface area (Å²) in [7, 11) is 0. The maximum absolute atomic E-state index is 13.7. The highest BCUT2D eigenvalue weighted by atomic mass is 127. The first-order chi connectivity index (χ1) is 11.4. The molecule has 1 fully saturated rings. The molecule has 3 nitrogen and oxygen atoms in total. The number of carbonyl (C=O) groups excluding carboxylic acids is 1. The molecule has 0 radical (unpaired) electrons. The summed E-state index contributed by atoms with van der Waals surface area (Å²) < 4.78 is 14.8. The highest BCUT2D eigenvalue weighted by molar-refractivity contribution is 14.1. The quantitative estimate of drug-likeness (QED) is 0.480. The molecule has 3 rings (SSSR count). The molecule has 0 spiro atoms. The van der Waals surface area contributed by atoms with Gasteiger partial charge in [-0.25, -0.2) is 9.37 Å². The SMILES string of the molecule is C=C(F)C(=O)N(c1ccc(C)cn1)c1cc(C)c(I)cc1C1CC1. The Morgan fingerprint density at radius 2 is 2.04 bits per heavy atom. The largest absolute Gasteiger partial charge is 0.292 e. The summed E-state index contributed by atoms with van der Waals surface area (Å²) in [6.45, 7) is 7.09. The van der Waals surface area contributed by atoms with E-state index in [2.05, 4.69) is 40.2 Å². The number of hydrogen-bond acceptors (Lipinski definition) is 2. The van der Waals surface area contributed by atoms with Crippen LogP contribution in [0.15, 0.2) is 42.9 Å². The number of hydrogen-bond donors (Lipinski definition) is 0. The Kier molecular flexibility index (Phi) is 4.71. The second kappa shape index (κ2) is 6.63. The molecule has 0 bridgehead atoms. The van der Waals surface area contributed by atoms with Gasteiger partial charge in [0.05, 0.1) is 5.69 Å². The van der Waals surface area contributed by atoms with Gasteiger partial charge in [0.25, 0.3) is 5.91 Å². The number of amides is 1. The molecule has 1 amide bonds. The van der Waals surface area contributed by atoms with Crippen molar-refractivity contribution >= 4 is 40.0 Å². The molecule has 0 unspecified atom stereocenters. The number of benzene rings is 1. The summed E-state index contributed by atoms with van der Waals surface area (Å²) in [4.78, 5) is 18.2. The fraction of sp³-hybridized carbons (Fsp3) is 0.263. The molecular formula is C19H18FIN2O. The summed E-state index contributed by atoms with van der Waals surface area (Å²) >= 11 is 2.29. The zero-order chi connectivity index (χ0) is 17.4. The Hall–Kier alpha value is -1.76. The van der Waals surface area contributed by atoms with E-state index >= 15 is 0 Å². The zero-order valence-corrected chi connectivity index (χ0v) is 15.8. The Balaban J connectivity index is 2.19. The molecule has 0 aliphatic heterocycles. The first kappa shape index (κ1) is 17.1. The zero-order valence-electron chi connectivity index (χ0n) is 13.6. The van der Waals surface area contributed by atoms with Gasteiger partial charge in [0, 0.05) is 9.77 Å². The lowest BCUT2D eigenvalue weighted by atomic mass is 10.0. The number of anilines is 2. The van der Waals surface area contributed by atoms with Crippen molar-refractivity contribution in [1.29, 1.82) is 0 Å². The van der Waals surface area contributed by atoms with Crippen molar-refractivity contribution in [1.82, 2.24) is 4.98 Å². The van der Waals surface area contributed by atoms with Crippen LogP contribution in [0.5, 0.6) is 0 Å². The fourth-order valence-electron chi connectivity index (χ4n) is 2.65. The van der Waals surface area contributed by atoms with E-state index in [4.69, 9.17) is 0 Å². The average Bonchev–Trinajstić information content (AvgIpc) is 3.37. The molecule has 0 atom stereocenters. The topological polar surface area (TPSA) is 33.2 Å². The molecule has 124 valence electrons. The lowest BCUT2D eigenvalue weighted by molar-refractivity contribution is -0.115. The number of nitrogens with zero attached hydrogens (tertiary/aromatic N) is 2. The number of halogens is 2. The third kappa shape index (κ3) is 3.36. The van der Waals surface area contributed by atoms with Gasteiger partial charge in [0.2, 0.25) is 0 Å². The minimum absolute atomic E-state index is 0.409. The molecule has 5 heteroatoms. The fourth-order valence-corrected chi connectivity index (χ4v) is 3.14. The lowest BCUT2D eigenvalue weighted by Gasteiger charge is -2.25. The third-order valence-corrected chi connectivity index (χ3v) is 5.29. The number of rotatable bonds is 4. The molecule has 24 heavy (non-hydrogen) atoms. The van der Waals surface area contributed by atoms with Gasteiger partial charge in [-0.05, 0) is 90.1 Å². The van der Waals surface area contributed by atoms with E-state index in [1.807, 2.05) is 26.0 Å². The van der Waals surface area contributed by atoms with Gasteiger partial charge in [-0.3, -0.25) is 9.69 Å². The van der Waals surface area contributed by atoms with Crippen LogP contribution in [0.1, 0.15) is 35.4 Å². The van der Waals surface area contributed by atoms with Crippen LogP contribution in [-0.4, -0.2) is 10.9 Å². The standard InChI is InChI=1S/C19H18FIN2O/c1-11-4-7-18(22-10-11)23(19(24)13(3)20)17-8-12(2)16(21)9-15(17)14-5-6-14/h4,7-10,14H,3,5-6H2,1-2H3. The first-order valence-corrected chi connectivity index (χ1v) is 8.88. The van der Waals surface area contributed by atoms with E-state index in [0.29, 0.717) is 17.4 Å². The minimum Gasteiger partial charge on any atom is -0.266 e. The van der Waals surface area contributed by atoms with Gasteiger partial charge in [-0.2, -0.15) is 0 Å². The second-order valence-electron chi connectivity index (χ2n) is 6.17. The van der Waals surface area contributed by atoms with Gasteiger partial charge in [0.15, 0.2) is 5.83 Å². The summed E-state index contributed by atoms with van der Waals surface area (Å²) in [6.07, 6.45) is 3.85. The minimum atomic E-state index is -0.990. The Morgan fingerprint density at radius 3 is 2.58 bits per heavy atom. The predicted octanol–water partition coefficient (Wildman–Crippen LogP) is 5.33. The van der Waals surface area contributed by atoms with Crippen LogP contribution in [0.2, 0.25) is 0 Å². The summed E-state index contributed by atoms with van der Waals surface area (Å²) in [5.74, 6) is -0.932. The summed E-state index contributed by atoms with van der Waals surface area (Å²) in [5, 5.41) is 0. The van der Waals surface area contributed by atoms with E-state index < -0.39 is 11.7 Å². The predicted molar refractivity (Wildman–Crippen MR) is 102 cm³/mol. The third-order valence-electron chi connectivity index (χ3n) is 4.13. The molecule has 1 aromatic carbocycles. The molecule has 1 saturated carbocycles. The van der Waals surface area contributed by atoms with Gasteiger partial charge < -0.3 is 0 Å². The van der Waals surface area contributed by atoms with Gasteiger partial charge in [0.1, 0.15) is 5.82 Å². The van der Waals surface area contributed by atoms with Gasteiger partial charge in [-0.15, -0.1) is 0 Å². The van der Waals surface area contributed by atoms with E-state index in [-0.39, 0.29) is 0 Å². The summed E-state index contributed by atoms with van der Waals surface area (Å²) in [5.41, 5.74) is 3.80. The van der Waals surface area contributed by atoms with E-state index in [0.717, 1.165) is 33.1 Å². The molecule has 1 aliphatic rings. The van der Waals surface area contributed by atoms with Crippen LogP contribution in [0, 0.1) is 17.4 Å². The van der Waals surface area contributed by atoms with Crippen molar-refractivity contribution in [3.05, 3.63) is 63.1 Å². The maximum Gasteiger partial charge on any atom is 0.292 e. The highest BCUT2D eigenvalue weighted by Crippen LogP contribution is 2.46. The van der Waals surface area contributed by atoms with E-state index in [9.17, 15) is 9.18 Å². The number of pyridine rings is 1. The highest BCUT2D eigenvalue weighted by Gasteiger charge is 2.32. The first-order valence-electron chi connectivity index (χ1n) is 7.80. The van der Waals surface area contributed by atoms with Crippen LogP contribution in [0.3, 0.4) is 0 Å². The molecule has 1 heterocycles. The van der Waals surface area contributed by atoms with Gasteiger partial charge in [-0.1, -0.05) is 12.6 Å². The molecule has 2 aromatic rings. The molecule has 1 aliphatic carbocycles. The van der Waals surface area contributed by atoms with Crippen molar-refractivity contribution in [3.63, 3.8) is 0 Å². The van der Waals surface area contributed by atoms with Crippen LogP contribution < -0.4 is 4.90 Å². The Bertz CT molecular complexity index is 813. The Morgan fingerprint density at radius 1 is 1.33 bits per heavy atom. The lowest BCUT2D eigenvalue weighted by Crippen LogP contribution is -2.28. The van der Waals surface area contributed by atoms with Crippen LogP contribution in [0.25, 0.3) is 0 Å². The Labute approximate surface area is 154 Å². The normalized spacial score (nSPS) is 13.7. The van der Waals surface area contributed by atoms with Crippen molar-refractivity contribution in [2.24, 2.45) is 0 Å². The van der Waals surface area contributed by atoms with E-state index in [1.54, 1.807) is 12.3 Å². The number of aromatic nitrogens is 1. The smallest absolute Gasteiger partial charge is 0.266 e. The summed E-state index contributed by atoms with van der Waals surface area (Å²) in [6, 6.07) is 7.64. The van der Waals surface area contributed by atoms with Crippen molar-refractivity contribution in [3.8, 4) is 0 Å². The van der Waals surface area contributed by atoms with Crippen LogP contribution >= 0.6 is 22.6 Å². The molecule has 0 N–H and O–H groups in total. The number of aryl methyl sites for hydroxylation is 2. The molecular weight excluding hydrogens is 418 g/mol. The van der Waals surface area contributed by atoms with Crippen LogP contribution in [0.4, 0.5) is 15.9 Å². The second-order valence-corrected chi connectivity index (χ2v) is 7.34.